The minimum absolute atomic E-state index is 0.0321. The summed E-state index contributed by atoms with van der Waals surface area (Å²) < 4.78 is 0.142. The molecule has 0 spiro atoms. The summed E-state index contributed by atoms with van der Waals surface area (Å²) in [5.41, 5.74) is 6.93. The topological polar surface area (TPSA) is 55.1 Å². The highest BCUT2D eigenvalue weighted by atomic mass is 32.2. The molecule has 0 aliphatic rings. The maximum absolute atomic E-state index is 12.0. The van der Waals surface area contributed by atoms with Crippen molar-refractivity contribution in [2.45, 2.75) is 31.4 Å². The van der Waals surface area contributed by atoms with E-state index in [1.165, 1.54) is 0 Å². The molecular weight excluding hydrogens is 244 g/mol. The highest BCUT2D eigenvalue weighted by molar-refractivity contribution is 8.00. The molecule has 0 bridgehead atoms. The first kappa shape index (κ1) is 14.9. The van der Waals surface area contributed by atoms with Gasteiger partial charge in [0.2, 0.25) is 0 Å². The monoisotopic (exact) mass is 266 g/mol. The lowest BCUT2D eigenvalue weighted by Gasteiger charge is -2.29. The SMILES string of the molecule is CCC(CC)(CNC(=O)c1ccc(N)cc1)SC. The summed E-state index contributed by atoms with van der Waals surface area (Å²) in [6.45, 7) is 5.02. The fourth-order valence-electron chi connectivity index (χ4n) is 1.84. The van der Waals surface area contributed by atoms with E-state index in [1.54, 1.807) is 24.3 Å². The molecular formula is C14H22N2OS. The lowest BCUT2D eigenvalue weighted by Crippen LogP contribution is -2.39. The van der Waals surface area contributed by atoms with Gasteiger partial charge in [-0.25, -0.2) is 0 Å². The normalized spacial score (nSPS) is 11.3. The molecule has 1 aromatic carbocycles. The van der Waals surface area contributed by atoms with Gasteiger partial charge in [0.1, 0.15) is 0 Å². The van der Waals surface area contributed by atoms with Gasteiger partial charge >= 0.3 is 0 Å². The number of thioether (sulfide) groups is 1. The molecule has 0 heterocycles. The number of anilines is 1. The Balaban J connectivity index is 2.63. The molecule has 100 valence electrons. The third-order valence-electron chi connectivity index (χ3n) is 3.47. The molecule has 4 heteroatoms. The Hall–Kier alpha value is -1.16. The van der Waals surface area contributed by atoms with Crippen molar-refractivity contribution in [3.05, 3.63) is 29.8 Å². The lowest BCUT2D eigenvalue weighted by molar-refractivity contribution is 0.0949. The van der Waals surface area contributed by atoms with E-state index in [2.05, 4.69) is 25.4 Å². The molecule has 0 radical (unpaired) electrons. The summed E-state index contributed by atoms with van der Waals surface area (Å²) in [7, 11) is 0. The fraction of sp³-hybridized carbons (Fsp3) is 0.500. The number of hydrogen-bond donors (Lipinski definition) is 2. The van der Waals surface area contributed by atoms with Crippen molar-refractivity contribution in [2.75, 3.05) is 18.5 Å². The highest BCUT2D eigenvalue weighted by Gasteiger charge is 2.25. The largest absolute Gasteiger partial charge is 0.399 e. The van der Waals surface area contributed by atoms with E-state index in [4.69, 9.17) is 5.73 Å². The van der Waals surface area contributed by atoms with Crippen LogP contribution in [0.1, 0.15) is 37.0 Å². The van der Waals surface area contributed by atoms with Crippen molar-refractivity contribution < 1.29 is 4.79 Å². The smallest absolute Gasteiger partial charge is 0.251 e. The van der Waals surface area contributed by atoms with Crippen molar-refractivity contribution in [1.82, 2.24) is 5.32 Å². The van der Waals surface area contributed by atoms with Gasteiger partial charge in [0.05, 0.1) is 0 Å². The van der Waals surface area contributed by atoms with Crippen molar-refractivity contribution in [3.63, 3.8) is 0 Å². The van der Waals surface area contributed by atoms with Crippen molar-refractivity contribution >= 4 is 23.4 Å². The van der Waals surface area contributed by atoms with Crippen LogP contribution >= 0.6 is 11.8 Å². The van der Waals surface area contributed by atoms with E-state index >= 15 is 0 Å². The average molecular weight is 266 g/mol. The van der Waals surface area contributed by atoms with Crippen molar-refractivity contribution in [1.29, 1.82) is 0 Å². The number of hydrogen-bond acceptors (Lipinski definition) is 3. The number of nitrogens with two attached hydrogens (primary N) is 1. The predicted molar refractivity (Wildman–Crippen MR) is 80.0 cm³/mol. The molecule has 0 aromatic heterocycles. The molecule has 0 atom stereocenters. The minimum atomic E-state index is -0.0321. The van der Waals surface area contributed by atoms with Crippen molar-refractivity contribution in [2.24, 2.45) is 0 Å². The van der Waals surface area contributed by atoms with Gasteiger partial charge in [-0.05, 0) is 43.4 Å². The summed E-state index contributed by atoms with van der Waals surface area (Å²) in [4.78, 5) is 12.0. The van der Waals surface area contributed by atoms with Crippen LogP contribution in [0.3, 0.4) is 0 Å². The zero-order valence-electron chi connectivity index (χ0n) is 11.3. The molecule has 0 saturated carbocycles. The quantitative estimate of drug-likeness (QED) is 0.778. The Morgan fingerprint density at radius 2 is 1.83 bits per heavy atom. The van der Waals surface area contributed by atoms with E-state index in [-0.39, 0.29) is 10.7 Å². The van der Waals surface area contributed by atoms with Crippen LogP contribution < -0.4 is 11.1 Å². The molecule has 3 N–H and O–H groups in total. The van der Waals surface area contributed by atoms with Crippen LogP contribution in [0.5, 0.6) is 0 Å². The van der Waals surface area contributed by atoms with Crippen molar-refractivity contribution in [3.8, 4) is 0 Å². The molecule has 0 saturated heterocycles. The van der Waals surface area contributed by atoms with Crippen LogP contribution in [-0.4, -0.2) is 23.5 Å². The zero-order chi connectivity index (χ0) is 13.6. The summed E-state index contributed by atoms with van der Waals surface area (Å²) >= 11 is 1.82. The Labute approximate surface area is 114 Å². The van der Waals surface area contributed by atoms with Gasteiger partial charge in [-0.15, -0.1) is 0 Å². The molecule has 1 amide bonds. The Kier molecular flexibility index (Phi) is 5.54. The maximum atomic E-state index is 12.0. The fourth-order valence-corrected chi connectivity index (χ4v) is 2.63. The molecule has 0 unspecified atom stereocenters. The first-order chi connectivity index (χ1) is 8.56. The molecule has 0 aliphatic heterocycles. The van der Waals surface area contributed by atoms with E-state index in [9.17, 15) is 4.79 Å². The van der Waals surface area contributed by atoms with Crippen LogP contribution in [0.25, 0.3) is 0 Å². The molecule has 0 aliphatic carbocycles. The van der Waals surface area contributed by atoms with Gasteiger partial charge in [-0.3, -0.25) is 4.79 Å². The highest BCUT2D eigenvalue weighted by Crippen LogP contribution is 2.29. The second kappa shape index (κ2) is 6.69. The van der Waals surface area contributed by atoms with Gasteiger partial charge in [-0.2, -0.15) is 11.8 Å². The number of nitrogens with one attached hydrogen (secondary N) is 1. The second-order valence-electron chi connectivity index (χ2n) is 4.40. The number of carbonyl (C=O) groups is 1. The zero-order valence-corrected chi connectivity index (χ0v) is 12.1. The minimum Gasteiger partial charge on any atom is -0.399 e. The average Bonchev–Trinajstić information content (AvgIpc) is 2.41. The van der Waals surface area contributed by atoms with Crippen LogP contribution in [0, 0.1) is 0 Å². The standard InChI is InChI=1S/C14H22N2OS/c1-4-14(5-2,18-3)10-16-13(17)11-6-8-12(15)9-7-11/h6-9H,4-5,10,15H2,1-3H3,(H,16,17). The molecule has 1 aromatic rings. The van der Waals surface area contributed by atoms with Crippen LogP contribution in [0.2, 0.25) is 0 Å². The molecule has 0 fully saturated rings. The number of nitrogen functional groups attached to an aromatic ring is 1. The third-order valence-corrected chi connectivity index (χ3v) is 5.05. The van der Waals surface area contributed by atoms with Gasteiger partial charge in [0.15, 0.2) is 0 Å². The van der Waals surface area contributed by atoms with Crippen LogP contribution in [0.4, 0.5) is 5.69 Å². The van der Waals surface area contributed by atoms with Gasteiger partial charge in [-0.1, -0.05) is 13.8 Å². The maximum Gasteiger partial charge on any atom is 0.251 e. The third kappa shape index (κ3) is 3.67. The Morgan fingerprint density at radius 3 is 2.28 bits per heavy atom. The van der Waals surface area contributed by atoms with E-state index in [0.29, 0.717) is 17.8 Å². The number of benzene rings is 1. The van der Waals surface area contributed by atoms with Crippen LogP contribution in [0.15, 0.2) is 24.3 Å². The number of rotatable bonds is 6. The molecule has 18 heavy (non-hydrogen) atoms. The van der Waals surface area contributed by atoms with Crippen LogP contribution in [-0.2, 0) is 0 Å². The predicted octanol–water partition coefficient (Wildman–Crippen LogP) is 2.92. The summed E-state index contributed by atoms with van der Waals surface area (Å²) in [5, 5.41) is 3.01. The number of carbonyl (C=O) groups excluding carboxylic acids is 1. The Morgan fingerprint density at radius 1 is 1.28 bits per heavy atom. The summed E-state index contributed by atoms with van der Waals surface area (Å²) in [5.74, 6) is -0.0321. The van der Waals surface area contributed by atoms with E-state index in [1.807, 2.05) is 11.8 Å². The molecule has 1 rings (SSSR count). The summed E-state index contributed by atoms with van der Waals surface area (Å²) in [6.07, 6.45) is 4.20. The van der Waals surface area contributed by atoms with E-state index < -0.39 is 0 Å². The molecule has 3 nitrogen and oxygen atoms in total. The summed E-state index contributed by atoms with van der Waals surface area (Å²) in [6, 6.07) is 7.00. The Bertz CT molecular complexity index is 377. The van der Waals surface area contributed by atoms with Gasteiger partial charge in [0, 0.05) is 22.5 Å². The van der Waals surface area contributed by atoms with E-state index in [0.717, 1.165) is 12.8 Å². The second-order valence-corrected chi connectivity index (χ2v) is 5.67. The van der Waals surface area contributed by atoms with Gasteiger partial charge < -0.3 is 11.1 Å². The lowest BCUT2D eigenvalue weighted by atomic mass is 10.0. The van der Waals surface area contributed by atoms with Gasteiger partial charge in [0.25, 0.3) is 5.91 Å². The first-order valence-corrected chi connectivity index (χ1v) is 7.48. The first-order valence-electron chi connectivity index (χ1n) is 6.25. The number of amides is 1.